The maximum atomic E-state index is 11.5. The van der Waals surface area contributed by atoms with Gasteiger partial charge in [0.05, 0.1) is 12.8 Å². The van der Waals surface area contributed by atoms with E-state index < -0.39 is 17.5 Å². The van der Waals surface area contributed by atoms with Crippen LogP contribution in [0.25, 0.3) is 0 Å². The second-order valence-corrected chi connectivity index (χ2v) is 3.65. The topological polar surface area (TPSA) is 85.2 Å². The van der Waals surface area contributed by atoms with Crippen LogP contribution in [0.5, 0.6) is 0 Å². The first kappa shape index (κ1) is 12.2. The predicted molar refractivity (Wildman–Crippen MR) is 54.1 cm³/mol. The monoisotopic (exact) mass is 227 g/mol. The summed E-state index contributed by atoms with van der Waals surface area (Å²) in [5.74, 6) is -1.54. The van der Waals surface area contributed by atoms with Crippen molar-refractivity contribution in [3.05, 3.63) is 11.1 Å². The number of rotatable bonds is 3. The van der Waals surface area contributed by atoms with Crippen LogP contribution in [0, 0.1) is 0 Å². The Bertz CT molecular complexity index is 381. The smallest absolute Gasteiger partial charge is 0.346 e. The van der Waals surface area contributed by atoms with Crippen molar-refractivity contribution in [3.8, 4) is 0 Å². The minimum absolute atomic E-state index is 0.152. The summed E-state index contributed by atoms with van der Waals surface area (Å²) >= 11 is 0. The molecule has 0 saturated heterocycles. The highest BCUT2D eigenvalue weighted by molar-refractivity contribution is 6.20. The van der Waals surface area contributed by atoms with E-state index in [1.165, 1.54) is 0 Å². The van der Waals surface area contributed by atoms with Crippen molar-refractivity contribution in [1.82, 2.24) is 0 Å². The molecule has 0 bridgehead atoms. The van der Waals surface area contributed by atoms with E-state index in [2.05, 4.69) is 5.16 Å². The molecule has 0 spiro atoms. The average molecular weight is 227 g/mol. The molecule has 1 heterocycles. The molecular weight excluding hydrogens is 214 g/mol. The molecule has 1 aliphatic rings. The van der Waals surface area contributed by atoms with Crippen molar-refractivity contribution < 1.29 is 24.3 Å². The highest BCUT2D eigenvalue weighted by Crippen LogP contribution is 2.31. The maximum absolute atomic E-state index is 11.5. The van der Waals surface area contributed by atoms with Crippen molar-refractivity contribution in [2.24, 2.45) is 5.16 Å². The summed E-state index contributed by atoms with van der Waals surface area (Å²) in [6.07, 6.45) is 1.01. The lowest BCUT2D eigenvalue weighted by Crippen LogP contribution is -2.23. The summed E-state index contributed by atoms with van der Waals surface area (Å²) in [7, 11) is 0. The molecule has 0 saturated carbocycles. The van der Waals surface area contributed by atoms with Gasteiger partial charge in [-0.1, -0.05) is 5.16 Å². The van der Waals surface area contributed by atoms with E-state index in [4.69, 9.17) is 14.7 Å². The molecule has 0 aromatic carbocycles. The van der Waals surface area contributed by atoms with Crippen LogP contribution in [-0.4, -0.2) is 35.6 Å². The van der Waals surface area contributed by atoms with E-state index in [0.717, 1.165) is 6.21 Å². The molecule has 0 aromatic heterocycles. The SMILES string of the molecule is CCOC(=O)C1=C(C=NO)C(C)(C)OC1=O. The van der Waals surface area contributed by atoms with Gasteiger partial charge in [0, 0.05) is 5.57 Å². The lowest BCUT2D eigenvalue weighted by atomic mass is 9.97. The maximum Gasteiger partial charge on any atom is 0.346 e. The predicted octanol–water partition coefficient (Wildman–Crippen LogP) is 0.641. The van der Waals surface area contributed by atoms with Gasteiger partial charge in [-0.25, -0.2) is 9.59 Å². The fraction of sp³-hybridized carbons (Fsp3) is 0.500. The van der Waals surface area contributed by atoms with Crippen molar-refractivity contribution in [2.75, 3.05) is 6.61 Å². The Morgan fingerprint density at radius 3 is 2.75 bits per heavy atom. The van der Waals surface area contributed by atoms with Crippen LogP contribution in [0.3, 0.4) is 0 Å². The van der Waals surface area contributed by atoms with Crippen molar-refractivity contribution in [3.63, 3.8) is 0 Å². The van der Waals surface area contributed by atoms with Gasteiger partial charge in [0.2, 0.25) is 0 Å². The first-order valence-corrected chi connectivity index (χ1v) is 4.76. The van der Waals surface area contributed by atoms with Crippen LogP contribution >= 0.6 is 0 Å². The Morgan fingerprint density at radius 1 is 1.62 bits per heavy atom. The number of oxime groups is 1. The van der Waals surface area contributed by atoms with Gasteiger partial charge in [-0.3, -0.25) is 0 Å². The number of esters is 2. The van der Waals surface area contributed by atoms with Gasteiger partial charge < -0.3 is 14.7 Å². The summed E-state index contributed by atoms with van der Waals surface area (Å²) in [4.78, 5) is 23.0. The number of hydrogen-bond donors (Lipinski definition) is 1. The van der Waals surface area contributed by atoms with E-state index in [1.807, 2.05) is 0 Å². The van der Waals surface area contributed by atoms with E-state index in [1.54, 1.807) is 20.8 Å². The summed E-state index contributed by atoms with van der Waals surface area (Å²) in [5, 5.41) is 11.3. The highest BCUT2D eigenvalue weighted by atomic mass is 16.6. The number of carbonyl (C=O) groups is 2. The van der Waals surface area contributed by atoms with Gasteiger partial charge in [0.1, 0.15) is 5.60 Å². The lowest BCUT2D eigenvalue weighted by molar-refractivity contribution is -0.148. The summed E-state index contributed by atoms with van der Waals surface area (Å²) in [5.41, 5.74) is -1.01. The molecule has 16 heavy (non-hydrogen) atoms. The Hall–Kier alpha value is -1.85. The van der Waals surface area contributed by atoms with Crippen LogP contribution in [0.2, 0.25) is 0 Å². The molecule has 0 radical (unpaired) electrons. The third-order valence-corrected chi connectivity index (χ3v) is 2.14. The third kappa shape index (κ3) is 2.05. The van der Waals surface area contributed by atoms with E-state index in [9.17, 15) is 9.59 Å². The average Bonchev–Trinajstić information content (AvgIpc) is 2.37. The molecule has 6 nitrogen and oxygen atoms in total. The summed E-state index contributed by atoms with van der Waals surface area (Å²) in [6, 6.07) is 0. The van der Waals surface area contributed by atoms with Crippen LogP contribution in [-0.2, 0) is 19.1 Å². The first-order chi connectivity index (χ1) is 7.44. The second kappa shape index (κ2) is 4.34. The van der Waals surface area contributed by atoms with Crippen LogP contribution in [0.4, 0.5) is 0 Å². The Kier molecular flexibility index (Phi) is 3.31. The van der Waals surface area contributed by atoms with Gasteiger partial charge in [-0.2, -0.15) is 0 Å². The largest absolute Gasteiger partial charge is 0.462 e. The minimum atomic E-state index is -0.995. The molecule has 1 rings (SSSR count). The molecule has 0 aromatic rings. The molecule has 0 amide bonds. The highest BCUT2D eigenvalue weighted by Gasteiger charge is 2.43. The van der Waals surface area contributed by atoms with E-state index in [-0.39, 0.29) is 17.8 Å². The van der Waals surface area contributed by atoms with Gasteiger partial charge in [0.15, 0.2) is 5.57 Å². The molecule has 88 valence electrons. The molecule has 0 fully saturated rings. The molecular formula is C10H13NO5. The fourth-order valence-corrected chi connectivity index (χ4v) is 1.42. The Balaban J connectivity index is 3.21. The van der Waals surface area contributed by atoms with Gasteiger partial charge in [0.25, 0.3) is 0 Å². The Morgan fingerprint density at radius 2 is 2.25 bits per heavy atom. The van der Waals surface area contributed by atoms with Crippen LogP contribution in [0.1, 0.15) is 20.8 Å². The van der Waals surface area contributed by atoms with Gasteiger partial charge in [-0.05, 0) is 20.8 Å². The number of nitrogens with zero attached hydrogens (tertiary/aromatic N) is 1. The minimum Gasteiger partial charge on any atom is -0.462 e. The third-order valence-electron chi connectivity index (χ3n) is 2.14. The molecule has 0 aliphatic carbocycles. The van der Waals surface area contributed by atoms with Gasteiger partial charge >= 0.3 is 11.9 Å². The summed E-state index contributed by atoms with van der Waals surface area (Å²) < 4.78 is 9.70. The van der Waals surface area contributed by atoms with Crippen LogP contribution in [0.15, 0.2) is 16.3 Å². The fourth-order valence-electron chi connectivity index (χ4n) is 1.42. The number of ether oxygens (including phenoxy) is 2. The number of hydrogen-bond acceptors (Lipinski definition) is 6. The number of cyclic esters (lactones) is 1. The zero-order chi connectivity index (χ0) is 12.3. The normalized spacial score (nSPS) is 19.1. The lowest BCUT2D eigenvalue weighted by Gasteiger charge is -2.17. The molecule has 1 N–H and O–H groups in total. The summed E-state index contributed by atoms with van der Waals surface area (Å²) in [6.45, 7) is 4.96. The first-order valence-electron chi connectivity index (χ1n) is 4.76. The zero-order valence-corrected chi connectivity index (χ0v) is 9.31. The quantitative estimate of drug-likeness (QED) is 0.251. The molecule has 1 aliphatic heterocycles. The van der Waals surface area contributed by atoms with Gasteiger partial charge in [-0.15, -0.1) is 0 Å². The molecule has 6 heteroatoms. The van der Waals surface area contributed by atoms with Crippen molar-refractivity contribution >= 4 is 18.2 Å². The number of carbonyl (C=O) groups excluding carboxylic acids is 2. The second-order valence-electron chi connectivity index (χ2n) is 3.65. The van der Waals surface area contributed by atoms with E-state index >= 15 is 0 Å². The molecule has 0 unspecified atom stereocenters. The molecule has 0 atom stereocenters. The van der Waals surface area contributed by atoms with Crippen LogP contribution < -0.4 is 0 Å². The Labute approximate surface area is 92.5 Å². The van der Waals surface area contributed by atoms with Crippen molar-refractivity contribution in [1.29, 1.82) is 0 Å². The zero-order valence-electron chi connectivity index (χ0n) is 9.31. The van der Waals surface area contributed by atoms with Crippen molar-refractivity contribution in [2.45, 2.75) is 26.4 Å². The standard InChI is InChI=1S/C10H13NO5/c1-4-15-8(12)7-6(5-11-14)10(2,3)16-9(7)13/h5,14H,4H2,1-3H3. The van der Waals surface area contributed by atoms with E-state index in [0.29, 0.717) is 0 Å².